The second-order valence-corrected chi connectivity index (χ2v) is 7.59. The van der Waals surface area contributed by atoms with Gasteiger partial charge in [-0.2, -0.15) is 0 Å². The average molecular weight is 425 g/mol. The molecule has 1 heterocycles. The van der Waals surface area contributed by atoms with Crippen LogP contribution in [0.25, 0.3) is 11.0 Å². The van der Waals surface area contributed by atoms with Crippen molar-refractivity contribution >= 4 is 11.0 Å². The maximum absolute atomic E-state index is 9.57. The van der Waals surface area contributed by atoms with Crippen LogP contribution in [-0.2, 0) is 5.41 Å². The van der Waals surface area contributed by atoms with Crippen molar-refractivity contribution in [2.75, 3.05) is 0 Å². The standard InChI is InChI=1S/C20H18O3.C6H5N3/c1-20(14-2-8-17(21)9-3-14,15-4-10-18(22)11-5-15)16-6-12-19(23)13-7-16;1-2-4-6-5(3-1)7-9-8-6/h2-13,21-23H,1H3;1-4H,(H,7,8,9). The van der Waals surface area contributed by atoms with Gasteiger partial charge in [0, 0.05) is 5.41 Å². The summed E-state index contributed by atoms with van der Waals surface area (Å²) in [6.45, 7) is 2.08. The molecule has 0 spiro atoms. The summed E-state index contributed by atoms with van der Waals surface area (Å²) in [6, 6.07) is 29.0. The van der Waals surface area contributed by atoms with Crippen molar-refractivity contribution in [1.82, 2.24) is 15.4 Å². The zero-order valence-electron chi connectivity index (χ0n) is 17.5. The number of hydrogen-bond acceptors (Lipinski definition) is 5. The highest BCUT2D eigenvalue weighted by Crippen LogP contribution is 2.40. The van der Waals surface area contributed by atoms with Gasteiger partial charge in [-0.25, -0.2) is 0 Å². The summed E-state index contributed by atoms with van der Waals surface area (Å²) < 4.78 is 0. The lowest BCUT2D eigenvalue weighted by atomic mass is 9.71. The third-order valence-electron chi connectivity index (χ3n) is 5.57. The predicted octanol–water partition coefficient (Wildman–Crippen LogP) is 5.12. The van der Waals surface area contributed by atoms with Crippen molar-refractivity contribution in [2.24, 2.45) is 0 Å². The molecule has 4 aromatic carbocycles. The van der Waals surface area contributed by atoms with Crippen LogP contribution in [0.15, 0.2) is 97.1 Å². The Morgan fingerprint density at radius 2 is 1.00 bits per heavy atom. The number of H-pyrrole nitrogens is 1. The zero-order valence-corrected chi connectivity index (χ0v) is 17.5. The molecule has 5 rings (SSSR count). The van der Waals surface area contributed by atoms with Gasteiger partial charge in [0.1, 0.15) is 22.8 Å². The molecule has 0 amide bonds. The van der Waals surface area contributed by atoms with Crippen LogP contribution in [0.1, 0.15) is 23.6 Å². The highest BCUT2D eigenvalue weighted by atomic mass is 16.3. The molecule has 5 aromatic rings. The van der Waals surface area contributed by atoms with Crippen molar-refractivity contribution in [3.8, 4) is 17.2 Å². The van der Waals surface area contributed by atoms with Gasteiger partial charge < -0.3 is 15.3 Å². The van der Waals surface area contributed by atoms with Crippen LogP contribution < -0.4 is 0 Å². The minimum absolute atomic E-state index is 0.215. The molecule has 1 aromatic heterocycles. The van der Waals surface area contributed by atoms with Crippen molar-refractivity contribution in [3.63, 3.8) is 0 Å². The molecule has 0 saturated heterocycles. The van der Waals surface area contributed by atoms with Crippen LogP contribution >= 0.6 is 0 Å². The molecule has 0 fully saturated rings. The summed E-state index contributed by atoms with van der Waals surface area (Å²) in [5.41, 5.74) is 4.44. The summed E-state index contributed by atoms with van der Waals surface area (Å²) in [5, 5.41) is 38.9. The quantitative estimate of drug-likeness (QED) is 0.301. The molecule has 32 heavy (non-hydrogen) atoms. The Hall–Kier alpha value is -4.32. The highest BCUT2D eigenvalue weighted by Gasteiger charge is 2.31. The number of phenols is 3. The number of fused-ring (bicyclic) bond motifs is 1. The summed E-state index contributed by atoms with van der Waals surface area (Å²) in [7, 11) is 0. The van der Waals surface area contributed by atoms with E-state index in [4.69, 9.17) is 0 Å². The first-order chi connectivity index (χ1) is 15.5. The highest BCUT2D eigenvalue weighted by molar-refractivity contribution is 5.72. The van der Waals surface area contributed by atoms with Gasteiger partial charge in [-0.1, -0.05) is 53.7 Å². The van der Waals surface area contributed by atoms with E-state index in [0.717, 1.165) is 27.7 Å². The molecule has 4 N–H and O–H groups in total. The van der Waals surface area contributed by atoms with E-state index in [1.807, 2.05) is 60.7 Å². The first-order valence-electron chi connectivity index (χ1n) is 10.1. The van der Waals surface area contributed by atoms with E-state index in [9.17, 15) is 15.3 Å². The largest absolute Gasteiger partial charge is 0.508 e. The first kappa shape index (κ1) is 20.9. The second kappa shape index (κ2) is 8.81. The van der Waals surface area contributed by atoms with Gasteiger partial charge in [0.15, 0.2) is 0 Å². The average Bonchev–Trinajstić information content (AvgIpc) is 3.29. The summed E-state index contributed by atoms with van der Waals surface area (Å²) in [4.78, 5) is 0. The molecule has 6 heteroatoms. The van der Waals surface area contributed by atoms with E-state index < -0.39 is 5.41 Å². The fourth-order valence-electron chi connectivity index (χ4n) is 3.67. The smallest absolute Gasteiger partial charge is 0.115 e. The van der Waals surface area contributed by atoms with Crippen LogP contribution in [-0.4, -0.2) is 30.7 Å². The summed E-state index contributed by atoms with van der Waals surface area (Å²) in [5.74, 6) is 0.646. The molecule has 0 aliphatic carbocycles. The molecule has 0 saturated carbocycles. The Bertz CT molecular complexity index is 1150. The van der Waals surface area contributed by atoms with Crippen molar-refractivity contribution in [2.45, 2.75) is 12.3 Å². The molecule has 6 nitrogen and oxygen atoms in total. The molecule has 0 aliphatic rings. The third-order valence-corrected chi connectivity index (χ3v) is 5.57. The van der Waals surface area contributed by atoms with Gasteiger partial charge in [-0.05, 0) is 72.1 Å². The van der Waals surface area contributed by atoms with Gasteiger partial charge in [-0.3, -0.25) is 5.10 Å². The Morgan fingerprint density at radius 1 is 0.594 bits per heavy atom. The molecular weight excluding hydrogens is 402 g/mol. The topological polar surface area (TPSA) is 102 Å². The van der Waals surface area contributed by atoms with Gasteiger partial charge in [0.05, 0.1) is 5.52 Å². The van der Waals surface area contributed by atoms with Crippen molar-refractivity contribution in [3.05, 3.63) is 114 Å². The number of aromatic hydroxyl groups is 3. The van der Waals surface area contributed by atoms with Gasteiger partial charge >= 0.3 is 0 Å². The predicted molar refractivity (Wildman–Crippen MR) is 124 cm³/mol. The van der Waals surface area contributed by atoms with E-state index in [0.29, 0.717) is 0 Å². The number of benzene rings is 4. The number of hydrogen-bond donors (Lipinski definition) is 4. The lowest BCUT2D eigenvalue weighted by Gasteiger charge is -2.32. The molecule has 0 bridgehead atoms. The van der Waals surface area contributed by atoms with E-state index in [-0.39, 0.29) is 17.2 Å². The maximum Gasteiger partial charge on any atom is 0.115 e. The fourth-order valence-corrected chi connectivity index (χ4v) is 3.67. The Kier molecular flexibility index (Phi) is 5.77. The number of nitrogens with one attached hydrogen (secondary N) is 1. The number of phenolic OH excluding ortho intramolecular Hbond substituents is 3. The SMILES string of the molecule is CC(c1ccc(O)cc1)(c1ccc(O)cc1)c1ccc(O)cc1.c1ccc2[nH]nnc2c1. The first-order valence-corrected chi connectivity index (χ1v) is 10.1. The zero-order chi connectivity index (χ0) is 22.6. The third kappa shape index (κ3) is 4.25. The van der Waals surface area contributed by atoms with Gasteiger partial charge in [0.2, 0.25) is 0 Å². The van der Waals surface area contributed by atoms with Crippen LogP contribution in [0.2, 0.25) is 0 Å². The second-order valence-electron chi connectivity index (χ2n) is 7.59. The summed E-state index contributed by atoms with van der Waals surface area (Å²) in [6.07, 6.45) is 0. The Balaban J connectivity index is 0.000000225. The maximum atomic E-state index is 9.57. The summed E-state index contributed by atoms with van der Waals surface area (Å²) >= 11 is 0. The van der Waals surface area contributed by atoms with E-state index in [1.54, 1.807) is 36.4 Å². The van der Waals surface area contributed by atoms with Gasteiger partial charge in [-0.15, -0.1) is 5.10 Å². The van der Waals surface area contributed by atoms with E-state index in [1.165, 1.54) is 0 Å². The number of aromatic nitrogens is 3. The molecule has 160 valence electrons. The van der Waals surface area contributed by atoms with Crippen LogP contribution in [0.4, 0.5) is 0 Å². The van der Waals surface area contributed by atoms with Crippen molar-refractivity contribution < 1.29 is 15.3 Å². The molecule has 0 radical (unpaired) electrons. The molecule has 0 atom stereocenters. The minimum atomic E-state index is -0.477. The monoisotopic (exact) mass is 425 g/mol. The van der Waals surface area contributed by atoms with E-state index in [2.05, 4.69) is 22.3 Å². The van der Waals surface area contributed by atoms with Crippen molar-refractivity contribution in [1.29, 1.82) is 0 Å². The lowest BCUT2D eigenvalue weighted by molar-refractivity contribution is 0.474. The van der Waals surface area contributed by atoms with Crippen LogP contribution in [0, 0.1) is 0 Å². The molecule has 0 unspecified atom stereocenters. The Labute approximate surface area is 185 Å². The fraction of sp³-hybridized carbons (Fsp3) is 0.0769. The number of aromatic amines is 1. The van der Waals surface area contributed by atoms with Crippen LogP contribution in [0.5, 0.6) is 17.2 Å². The lowest BCUT2D eigenvalue weighted by Crippen LogP contribution is -2.25. The normalized spacial score (nSPS) is 11.0. The van der Waals surface area contributed by atoms with E-state index >= 15 is 0 Å². The molecular formula is C26H23N3O3. The van der Waals surface area contributed by atoms with Crippen LogP contribution in [0.3, 0.4) is 0 Å². The Morgan fingerprint density at radius 3 is 1.41 bits per heavy atom. The molecule has 0 aliphatic heterocycles. The number of para-hydroxylation sites is 1. The number of nitrogens with zero attached hydrogens (tertiary/aromatic N) is 2. The van der Waals surface area contributed by atoms with Gasteiger partial charge in [0.25, 0.3) is 0 Å². The minimum Gasteiger partial charge on any atom is -0.508 e. The number of rotatable bonds is 3.